The van der Waals surface area contributed by atoms with Crippen LogP contribution in [0.15, 0.2) is 64.4 Å². The number of carbonyl (C=O) groups excluding carboxylic acids is 1. The molecular formula is C26H32N4O5S. The fourth-order valence-corrected chi connectivity index (χ4v) is 5.84. The van der Waals surface area contributed by atoms with Gasteiger partial charge in [0.25, 0.3) is 5.91 Å². The quantitative estimate of drug-likeness (QED) is 0.472. The van der Waals surface area contributed by atoms with E-state index in [1.807, 2.05) is 44.2 Å². The maximum Gasteiger partial charge on any atom is 0.256 e. The van der Waals surface area contributed by atoms with E-state index in [0.29, 0.717) is 38.4 Å². The van der Waals surface area contributed by atoms with Gasteiger partial charge in [0.2, 0.25) is 15.5 Å². The van der Waals surface area contributed by atoms with Crippen LogP contribution in [0.2, 0.25) is 0 Å². The minimum atomic E-state index is -3.78. The van der Waals surface area contributed by atoms with Crippen molar-refractivity contribution in [2.75, 3.05) is 50.8 Å². The molecular weight excluding hydrogens is 480 g/mol. The third-order valence-electron chi connectivity index (χ3n) is 6.42. The summed E-state index contributed by atoms with van der Waals surface area (Å²) in [7, 11) is -3.78. The minimum Gasteiger partial charge on any atom is -0.379 e. The number of nitrogens with one attached hydrogen (secondary N) is 1. The molecule has 0 spiro atoms. The smallest absolute Gasteiger partial charge is 0.256 e. The summed E-state index contributed by atoms with van der Waals surface area (Å²) in [6, 6.07) is 14.4. The monoisotopic (exact) mass is 512 g/mol. The van der Waals surface area contributed by atoms with Gasteiger partial charge in [0.15, 0.2) is 0 Å². The normalized spacial score (nSPS) is 14.6. The molecule has 0 radical (unpaired) electrons. The van der Waals surface area contributed by atoms with Crippen LogP contribution in [0, 0.1) is 0 Å². The van der Waals surface area contributed by atoms with E-state index in [2.05, 4.69) is 10.2 Å². The Kier molecular flexibility index (Phi) is 8.07. The Balaban J connectivity index is 1.60. The number of hydrogen-bond donors (Lipinski definition) is 1. The van der Waals surface area contributed by atoms with Gasteiger partial charge in [-0.15, -0.1) is 0 Å². The molecule has 4 rings (SSSR count). The van der Waals surface area contributed by atoms with Gasteiger partial charge in [0.1, 0.15) is 5.56 Å². The number of carbonyl (C=O) groups is 1. The number of fused-ring (bicyclic) bond motifs is 1. The van der Waals surface area contributed by atoms with Crippen molar-refractivity contribution in [3.8, 4) is 0 Å². The van der Waals surface area contributed by atoms with Gasteiger partial charge in [0, 0.05) is 56.5 Å². The molecule has 36 heavy (non-hydrogen) atoms. The maximum absolute atomic E-state index is 13.4. The van der Waals surface area contributed by atoms with Gasteiger partial charge in [0.05, 0.1) is 23.6 Å². The molecule has 1 saturated heterocycles. The van der Waals surface area contributed by atoms with Crippen molar-refractivity contribution in [2.24, 2.45) is 0 Å². The van der Waals surface area contributed by atoms with Crippen molar-refractivity contribution in [1.29, 1.82) is 0 Å². The van der Waals surface area contributed by atoms with Gasteiger partial charge >= 0.3 is 0 Å². The first-order valence-electron chi connectivity index (χ1n) is 12.2. The summed E-state index contributed by atoms with van der Waals surface area (Å²) in [4.78, 5) is 28.6. The van der Waals surface area contributed by atoms with Crippen LogP contribution in [0.1, 0.15) is 24.2 Å². The van der Waals surface area contributed by atoms with Gasteiger partial charge in [-0.3, -0.25) is 9.59 Å². The molecule has 0 saturated carbocycles. The van der Waals surface area contributed by atoms with Gasteiger partial charge in [-0.1, -0.05) is 18.2 Å². The molecule has 0 unspecified atom stereocenters. The van der Waals surface area contributed by atoms with Crippen molar-refractivity contribution in [3.63, 3.8) is 0 Å². The van der Waals surface area contributed by atoms with Crippen molar-refractivity contribution >= 4 is 32.5 Å². The lowest BCUT2D eigenvalue weighted by atomic mass is 10.1. The van der Waals surface area contributed by atoms with Crippen LogP contribution in [0.3, 0.4) is 0 Å². The minimum absolute atomic E-state index is 0.00645. The van der Waals surface area contributed by atoms with Crippen molar-refractivity contribution in [3.05, 3.63) is 70.5 Å². The average molecular weight is 513 g/mol. The highest BCUT2D eigenvalue weighted by Crippen LogP contribution is 2.22. The number of aryl methyl sites for hydroxylation is 1. The lowest BCUT2D eigenvalue weighted by Gasteiger charge is -2.26. The van der Waals surface area contributed by atoms with E-state index in [1.54, 1.807) is 16.8 Å². The van der Waals surface area contributed by atoms with Crippen LogP contribution in [0.25, 0.3) is 10.9 Å². The molecule has 0 bridgehead atoms. The van der Waals surface area contributed by atoms with Crippen LogP contribution < -0.4 is 15.6 Å². The zero-order valence-electron chi connectivity index (χ0n) is 20.6. The summed E-state index contributed by atoms with van der Waals surface area (Å²) in [5.41, 5.74) is 1.15. The Morgan fingerprint density at radius 1 is 1.08 bits per heavy atom. The van der Waals surface area contributed by atoms with Gasteiger partial charge in [-0.25, -0.2) is 8.42 Å². The van der Waals surface area contributed by atoms with E-state index in [0.717, 1.165) is 12.2 Å². The standard InChI is InChI=1S/C26H32N4O5S/c1-3-28(20-8-6-5-7-9-20)13-12-27-26(32)23-19-29(4-2)24-11-10-21(18-22(24)25(23)31)36(33,34)30-14-16-35-17-15-30/h5-11,18-19H,3-4,12-17H2,1-2H3,(H,27,32). The fraction of sp³-hybridized carbons (Fsp3) is 0.385. The highest BCUT2D eigenvalue weighted by molar-refractivity contribution is 7.89. The third kappa shape index (κ3) is 5.30. The third-order valence-corrected chi connectivity index (χ3v) is 8.31. The molecule has 192 valence electrons. The zero-order chi connectivity index (χ0) is 25.7. The van der Waals surface area contributed by atoms with Crippen LogP contribution in [0.4, 0.5) is 5.69 Å². The SMILES string of the molecule is CCN(CCNC(=O)c1cn(CC)c2ccc(S(=O)(=O)N3CCOCC3)cc2c1=O)c1ccccc1. The highest BCUT2D eigenvalue weighted by Gasteiger charge is 2.27. The first-order chi connectivity index (χ1) is 17.4. The maximum atomic E-state index is 13.4. The Hall–Kier alpha value is -3.21. The molecule has 1 aliphatic rings. The number of pyridine rings is 1. The largest absolute Gasteiger partial charge is 0.379 e. The van der Waals surface area contributed by atoms with Gasteiger partial charge < -0.3 is 19.5 Å². The summed E-state index contributed by atoms with van der Waals surface area (Å²) in [6.45, 7) is 7.38. The lowest BCUT2D eigenvalue weighted by molar-refractivity contribution is 0.0730. The molecule has 1 amide bonds. The predicted molar refractivity (Wildman–Crippen MR) is 140 cm³/mol. The van der Waals surface area contributed by atoms with Crippen LogP contribution in [-0.2, 0) is 21.3 Å². The first kappa shape index (κ1) is 25.9. The number of amides is 1. The molecule has 0 aliphatic carbocycles. The number of hydrogen-bond acceptors (Lipinski definition) is 6. The van der Waals surface area contributed by atoms with Crippen LogP contribution >= 0.6 is 0 Å². The molecule has 2 heterocycles. The fourth-order valence-electron chi connectivity index (χ4n) is 4.40. The molecule has 3 aromatic rings. The molecule has 9 nitrogen and oxygen atoms in total. The van der Waals surface area contributed by atoms with E-state index in [1.165, 1.54) is 16.4 Å². The number of ether oxygens (including phenoxy) is 1. The Labute approximate surface area is 211 Å². The molecule has 1 aliphatic heterocycles. The van der Waals surface area contributed by atoms with E-state index < -0.39 is 21.4 Å². The number of benzene rings is 2. The van der Waals surface area contributed by atoms with Crippen LogP contribution in [-0.4, -0.2) is 69.1 Å². The molecule has 0 atom stereocenters. The number of likely N-dealkylation sites (N-methyl/N-ethyl adjacent to an activating group) is 1. The van der Waals surface area contributed by atoms with E-state index in [-0.39, 0.29) is 28.9 Å². The second kappa shape index (κ2) is 11.2. The van der Waals surface area contributed by atoms with Crippen molar-refractivity contribution in [2.45, 2.75) is 25.3 Å². The first-order valence-corrected chi connectivity index (χ1v) is 13.6. The van der Waals surface area contributed by atoms with E-state index >= 15 is 0 Å². The number of anilines is 1. The van der Waals surface area contributed by atoms with E-state index in [4.69, 9.17) is 4.74 Å². The topological polar surface area (TPSA) is 101 Å². The molecule has 1 aromatic heterocycles. The Bertz CT molecular complexity index is 1380. The Morgan fingerprint density at radius 2 is 1.81 bits per heavy atom. The summed E-state index contributed by atoms with van der Waals surface area (Å²) in [6.07, 6.45) is 1.55. The van der Waals surface area contributed by atoms with Gasteiger partial charge in [-0.05, 0) is 44.2 Å². The molecule has 1 fully saturated rings. The number of para-hydroxylation sites is 1. The van der Waals surface area contributed by atoms with Crippen LogP contribution in [0.5, 0.6) is 0 Å². The number of aromatic nitrogens is 1. The van der Waals surface area contributed by atoms with E-state index in [9.17, 15) is 18.0 Å². The zero-order valence-corrected chi connectivity index (χ0v) is 21.5. The second-order valence-electron chi connectivity index (χ2n) is 8.52. The molecule has 10 heteroatoms. The number of rotatable bonds is 9. The Morgan fingerprint density at radius 3 is 2.47 bits per heavy atom. The summed E-state index contributed by atoms with van der Waals surface area (Å²) < 4.78 is 34.7. The van der Waals surface area contributed by atoms with Gasteiger partial charge in [-0.2, -0.15) is 4.31 Å². The highest BCUT2D eigenvalue weighted by atomic mass is 32.2. The summed E-state index contributed by atoms with van der Waals surface area (Å²) in [5, 5.41) is 3.06. The lowest BCUT2D eigenvalue weighted by Crippen LogP contribution is -2.40. The average Bonchev–Trinajstić information content (AvgIpc) is 2.92. The number of nitrogens with zero attached hydrogens (tertiary/aromatic N) is 3. The van der Waals surface area contributed by atoms with Crippen molar-refractivity contribution in [1.82, 2.24) is 14.2 Å². The summed E-state index contributed by atoms with van der Waals surface area (Å²) >= 11 is 0. The molecule has 1 N–H and O–H groups in total. The summed E-state index contributed by atoms with van der Waals surface area (Å²) in [5.74, 6) is -0.477. The predicted octanol–water partition coefficient (Wildman–Crippen LogP) is 2.30. The molecule has 2 aromatic carbocycles. The second-order valence-corrected chi connectivity index (χ2v) is 10.5. The number of morpholine rings is 1. The van der Waals surface area contributed by atoms with Crippen molar-refractivity contribution < 1.29 is 17.9 Å². The number of sulfonamides is 1.